The SMILES string of the molecule is CCN(CC)c1ccc2nc3c4ccccc4c(=N)c(Br)c-3oc2c1Br. The molecule has 1 aliphatic heterocycles. The maximum atomic E-state index is 8.45. The summed E-state index contributed by atoms with van der Waals surface area (Å²) < 4.78 is 7.79. The van der Waals surface area contributed by atoms with Crippen LogP contribution in [0, 0.1) is 5.41 Å². The molecule has 0 saturated carbocycles. The number of anilines is 1. The highest BCUT2D eigenvalue weighted by Crippen LogP contribution is 2.39. The van der Waals surface area contributed by atoms with Crippen molar-refractivity contribution in [2.45, 2.75) is 13.8 Å². The number of hydrogen-bond donors (Lipinski definition) is 1. The van der Waals surface area contributed by atoms with E-state index in [1.54, 1.807) is 0 Å². The van der Waals surface area contributed by atoms with Crippen LogP contribution in [-0.2, 0) is 0 Å². The lowest BCUT2D eigenvalue weighted by Gasteiger charge is -2.23. The molecule has 2 aromatic carbocycles. The summed E-state index contributed by atoms with van der Waals surface area (Å²) in [5.74, 6) is 0.596. The lowest BCUT2D eigenvalue weighted by molar-refractivity contribution is 0.608. The first kappa shape index (κ1) is 17.5. The maximum Gasteiger partial charge on any atom is 0.170 e. The zero-order chi connectivity index (χ0) is 18.4. The van der Waals surface area contributed by atoms with Gasteiger partial charge >= 0.3 is 0 Å². The molecule has 0 fully saturated rings. The van der Waals surface area contributed by atoms with Crippen molar-refractivity contribution in [2.24, 2.45) is 0 Å². The molecule has 2 aromatic rings. The van der Waals surface area contributed by atoms with Crippen LogP contribution in [0.2, 0.25) is 0 Å². The van der Waals surface area contributed by atoms with E-state index in [1.165, 1.54) is 0 Å². The molecule has 1 aliphatic carbocycles. The highest BCUT2D eigenvalue weighted by atomic mass is 79.9. The van der Waals surface area contributed by atoms with E-state index >= 15 is 0 Å². The summed E-state index contributed by atoms with van der Waals surface area (Å²) in [6.45, 7) is 6.08. The molecule has 4 rings (SSSR count). The van der Waals surface area contributed by atoms with Gasteiger partial charge < -0.3 is 9.32 Å². The van der Waals surface area contributed by atoms with Gasteiger partial charge in [-0.05, 0) is 57.8 Å². The summed E-state index contributed by atoms with van der Waals surface area (Å²) in [6, 6.07) is 11.9. The van der Waals surface area contributed by atoms with E-state index in [1.807, 2.05) is 30.3 Å². The quantitative estimate of drug-likeness (QED) is 0.295. The minimum absolute atomic E-state index is 0.411. The molecule has 2 aliphatic rings. The van der Waals surface area contributed by atoms with Crippen LogP contribution in [0.25, 0.3) is 33.3 Å². The molecular formula is C20H17Br2N3O. The first-order chi connectivity index (χ1) is 12.6. The maximum absolute atomic E-state index is 8.45. The van der Waals surface area contributed by atoms with Gasteiger partial charge in [0.05, 0.1) is 20.0 Å². The molecule has 0 radical (unpaired) electrons. The van der Waals surface area contributed by atoms with E-state index in [-0.39, 0.29) is 0 Å². The van der Waals surface area contributed by atoms with Crippen LogP contribution in [0.4, 0.5) is 5.69 Å². The molecule has 1 N–H and O–H groups in total. The number of nitrogens with zero attached hydrogens (tertiary/aromatic N) is 2. The molecule has 6 heteroatoms. The van der Waals surface area contributed by atoms with Crippen molar-refractivity contribution >= 4 is 59.4 Å². The average molecular weight is 475 g/mol. The Morgan fingerprint density at radius 2 is 1.69 bits per heavy atom. The molecule has 26 heavy (non-hydrogen) atoms. The Hall–Kier alpha value is -1.92. The van der Waals surface area contributed by atoms with Gasteiger partial charge in [0.2, 0.25) is 0 Å². The van der Waals surface area contributed by atoms with Crippen LogP contribution in [-0.4, -0.2) is 18.1 Å². The standard InChI is InChI=1S/C20H17Br2N3O/c1-3-25(4-2)14-10-9-13-19(15(14)21)26-20-16(22)17(23)11-7-5-6-8-12(11)18(20)24-13/h5-10,23H,3-4H2,1-2H3. The molecule has 4 nitrogen and oxygen atoms in total. The van der Waals surface area contributed by atoms with Crippen LogP contribution in [0.3, 0.4) is 0 Å². The van der Waals surface area contributed by atoms with Gasteiger partial charge in [-0.25, -0.2) is 4.98 Å². The third-order valence-corrected chi connectivity index (χ3v) is 6.20. The van der Waals surface area contributed by atoms with E-state index in [2.05, 4.69) is 56.7 Å². The van der Waals surface area contributed by atoms with Crippen molar-refractivity contribution in [3.05, 3.63) is 50.7 Å². The van der Waals surface area contributed by atoms with Crippen molar-refractivity contribution in [1.82, 2.24) is 4.98 Å². The first-order valence-electron chi connectivity index (χ1n) is 8.49. The normalized spacial score (nSPS) is 11.5. The third kappa shape index (κ3) is 2.55. The Balaban J connectivity index is 2.13. The summed E-state index contributed by atoms with van der Waals surface area (Å²) >= 11 is 7.25. The Morgan fingerprint density at radius 3 is 2.38 bits per heavy atom. The molecule has 0 bridgehead atoms. The van der Waals surface area contributed by atoms with Crippen LogP contribution < -0.4 is 10.3 Å². The third-order valence-electron chi connectivity index (χ3n) is 4.68. The number of halogens is 2. The van der Waals surface area contributed by atoms with Crippen LogP contribution >= 0.6 is 31.9 Å². The lowest BCUT2D eigenvalue weighted by atomic mass is 10.0. The summed E-state index contributed by atoms with van der Waals surface area (Å²) in [5.41, 5.74) is 3.32. The predicted molar refractivity (Wildman–Crippen MR) is 113 cm³/mol. The van der Waals surface area contributed by atoms with Gasteiger partial charge in [-0.15, -0.1) is 0 Å². The van der Waals surface area contributed by atoms with Crippen molar-refractivity contribution < 1.29 is 4.42 Å². The molecule has 0 amide bonds. The molecule has 0 atom stereocenters. The van der Waals surface area contributed by atoms with E-state index in [0.717, 1.165) is 45.2 Å². The molecule has 0 saturated heterocycles. The van der Waals surface area contributed by atoms with Crippen molar-refractivity contribution in [3.8, 4) is 11.5 Å². The van der Waals surface area contributed by atoms with Gasteiger partial charge in [0, 0.05) is 23.9 Å². The summed E-state index contributed by atoms with van der Waals surface area (Å²) in [7, 11) is 0. The van der Waals surface area contributed by atoms with Crippen molar-refractivity contribution in [3.63, 3.8) is 0 Å². The highest BCUT2D eigenvalue weighted by Gasteiger charge is 2.21. The minimum Gasteiger partial charge on any atom is -0.450 e. The largest absolute Gasteiger partial charge is 0.450 e. The Morgan fingerprint density at radius 1 is 1.00 bits per heavy atom. The van der Waals surface area contributed by atoms with E-state index in [4.69, 9.17) is 14.8 Å². The van der Waals surface area contributed by atoms with Crippen molar-refractivity contribution in [2.75, 3.05) is 18.0 Å². The molecular weight excluding hydrogens is 458 g/mol. The topological polar surface area (TPSA) is 53.1 Å². The fraction of sp³-hybridized carbons (Fsp3) is 0.200. The summed E-state index contributed by atoms with van der Waals surface area (Å²) in [4.78, 5) is 7.12. The number of benzene rings is 3. The predicted octanol–water partition coefficient (Wildman–Crippen LogP) is 5.94. The zero-order valence-electron chi connectivity index (χ0n) is 14.4. The van der Waals surface area contributed by atoms with Crippen LogP contribution in [0.5, 0.6) is 0 Å². The van der Waals surface area contributed by atoms with Gasteiger partial charge in [0.25, 0.3) is 0 Å². The first-order valence-corrected chi connectivity index (χ1v) is 10.1. The zero-order valence-corrected chi connectivity index (χ0v) is 17.6. The van der Waals surface area contributed by atoms with Gasteiger partial charge in [-0.3, -0.25) is 5.41 Å². The van der Waals surface area contributed by atoms with E-state index in [9.17, 15) is 0 Å². The van der Waals surface area contributed by atoms with Gasteiger partial charge in [0.15, 0.2) is 11.3 Å². The smallest absolute Gasteiger partial charge is 0.170 e. The Labute approximate surface area is 167 Å². The average Bonchev–Trinajstić information content (AvgIpc) is 2.68. The summed E-state index contributed by atoms with van der Waals surface area (Å²) in [6.07, 6.45) is 0. The van der Waals surface area contributed by atoms with Gasteiger partial charge in [0.1, 0.15) is 11.2 Å². The summed E-state index contributed by atoms with van der Waals surface area (Å²) in [5, 5.41) is 10.6. The van der Waals surface area contributed by atoms with Crippen LogP contribution in [0.15, 0.2) is 49.8 Å². The van der Waals surface area contributed by atoms with Crippen molar-refractivity contribution in [1.29, 1.82) is 5.41 Å². The monoisotopic (exact) mass is 473 g/mol. The number of aromatic nitrogens is 1. The van der Waals surface area contributed by atoms with Gasteiger partial charge in [-0.2, -0.15) is 0 Å². The molecule has 0 spiro atoms. The minimum atomic E-state index is 0.411. The number of rotatable bonds is 3. The van der Waals surface area contributed by atoms with Gasteiger partial charge in [-0.1, -0.05) is 24.3 Å². The van der Waals surface area contributed by atoms with E-state index in [0.29, 0.717) is 21.2 Å². The lowest BCUT2D eigenvalue weighted by Crippen LogP contribution is -2.22. The number of hydrogen-bond acceptors (Lipinski definition) is 4. The molecule has 1 heterocycles. The van der Waals surface area contributed by atoms with Crippen LogP contribution in [0.1, 0.15) is 13.8 Å². The fourth-order valence-electron chi connectivity index (χ4n) is 3.32. The Bertz CT molecular complexity index is 1170. The second-order valence-corrected chi connectivity index (χ2v) is 7.63. The highest BCUT2D eigenvalue weighted by molar-refractivity contribution is 9.11. The number of fused-ring (bicyclic) bond motifs is 4. The molecule has 0 unspecified atom stereocenters. The Kier molecular flexibility index (Phi) is 4.49. The fourth-order valence-corrected chi connectivity index (χ4v) is 4.47. The van der Waals surface area contributed by atoms with E-state index < -0.39 is 0 Å². The number of nitrogens with one attached hydrogen (secondary N) is 1. The molecule has 132 valence electrons. The molecule has 0 aromatic heterocycles. The second-order valence-electron chi connectivity index (χ2n) is 6.05. The second kappa shape index (κ2) is 6.67.